The highest BCUT2D eigenvalue weighted by molar-refractivity contribution is 7.80. The minimum absolute atomic E-state index is 0.0566. The minimum atomic E-state index is -5.02. The van der Waals surface area contributed by atoms with Gasteiger partial charge in [0.1, 0.15) is 24.1 Å². The molecule has 1 fully saturated rings. The number of anilines is 1. The predicted molar refractivity (Wildman–Crippen MR) is 169 cm³/mol. The van der Waals surface area contributed by atoms with Gasteiger partial charge in [-0.1, -0.05) is 17.3 Å². The number of hydrogen-bond donors (Lipinski definition) is 6. The number of nitrogens with zero attached hydrogens (tertiary/aromatic N) is 5. The molecule has 19 nitrogen and oxygen atoms in total. The van der Waals surface area contributed by atoms with E-state index in [1.807, 2.05) is 21.8 Å². The molecule has 0 spiro atoms. The second-order valence-corrected chi connectivity index (χ2v) is 12.8. The van der Waals surface area contributed by atoms with Gasteiger partial charge in [0.2, 0.25) is 6.20 Å². The van der Waals surface area contributed by atoms with Gasteiger partial charge in [-0.05, 0) is 44.5 Å². The first-order valence-corrected chi connectivity index (χ1v) is 16.6. The number of nitrogens with two attached hydrogens (primary N) is 3. The average molecular weight is 711 g/mol. The topological polar surface area (TPSA) is 281 Å². The smallest absolute Gasteiger partial charge is 0.418 e. The molecule has 0 unspecified atom stereocenters. The molecule has 21 heteroatoms. The summed E-state index contributed by atoms with van der Waals surface area (Å²) in [6.07, 6.45) is 3.08. The van der Waals surface area contributed by atoms with Crippen LogP contribution in [0.1, 0.15) is 26.0 Å². The van der Waals surface area contributed by atoms with Crippen LogP contribution in [0.15, 0.2) is 47.2 Å². The molecule has 1 aromatic carbocycles. The van der Waals surface area contributed by atoms with Crippen LogP contribution in [0.25, 0.3) is 11.1 Å². The van der Waals surface area contributed by atoms with Crippen LogP contribution in [0.4, 0.5) is 5.13 Å². The van der Waals surface area contributed by atoms with Crippen LogP contribution in [0.5, 0.6) is 5.75 Å². The summed E-state index contributed by atoms with van der Waals surface area (Å²) in [6, 6.07) is 5.60. The molecule has 0 saturated carbocycles. The molecule has 0 radical (unpaired) electrons. The fourth-order valence-electron chi connectivity index (χ4n) is 4.62. The Morgan fingerprint density at radius 1 is 1.21 bits per heavy atom. The van der Waals surface area contributed by atoms with Crippen LogP contribution in [0, 0.1) is 0 Å². The maximum Gasteiger partial charge on any atom is 0.418 e. The first-order valence-electron chi connectivity index (χ1n) is 14.4. The third kappa shape index (κ3) is 8.62. The number of hydrogen-bond acceptors (Lipinski definition) is 14. The summed E-state index contributed by atoms with van der Waals surface area (Å²) in [5, 5.41) is 17.6. The Morgan fingerprint density at radius 3 is 2.48 bits per heavy atom. The van der Waals surface area contributed by atoms with Gasteiger partial charge in [0, 0.05) is 5.38 Å². The summed E-state index contributed by atoms with van der Waals surface area (Å²) in [7, 11) is -5.02. The van der Waals surface area contributed by atoms with Crippen molar-refractivity contribution in [3.63, 3.8) is 0 Å². The Bertz CT molecular complexity index is 1770. The van der Waals surface area contributed by atoms with Crippen molar-refractivity contribution in [1.82, 2.24) is 20.0 Å². The average Bonchev–Trinajstić information content (AvgIpc) is 3.64. The van der Waals surface area contributed by atoms with Gasteiger partial charge in [0.15, 0.2) is 17.4 Å². The van der Waals surface area contributed by atoms with Crippen molar-refractivity contribution >= 4 is 50.4 Å². The van der Waals surface area contributed by atoms with E-state index in [-0.39, 0.29) is 10.8 Å². The van der Waals surface area contributed by atoms with Gasteiger partial charge in [0.25, 0.3) is 17.9 Å². The van der Waals surface area contributed by atoms with Crippen molar-refractivity contribution in [3.8, 4) is 16.9 Å². The van der Waals surface area contributed by atoms with Crippen LogP contribution >= 0.6 is 11.3 Å². The Balaban J connectivity index is 1.45. The summed E-state index contributed by atoms with van der Waals surface area (Å²) < 4.78 is 45.1. The van der Waals surface area contributed by atoms with Crippen molar-refractivity contribution in [2.24, 2.45) is 16.6 Å². The van der Waals surface area contributed by atoms with Crippen molar-refractivity contribution in [1.29, 1.82) is 0 Å². The largest absolute Gasteiger partial charge is 0.489 e. The molecule has 1 aliphatic rings. The molecule has 260 valence electrons. The molecular weight excluding hydrogens is 674 g/mol. The number of carboxylic acid groups (broad SMARTS) is 1. The van der Waals surface area contributed by atoms with Gasteiger partial charge >= 0.3 is 16.4 Å². The number of aliphatic carboxylic acids is 1. The fraction of sp³-hybridized carbons (Fsp3) is 0.407. The maximum atomic E-state index is 13.2. The standard InChI is InChI=1S/C27H35N9O10S2/c1-27(2)22(24(38)36(27)46-48(41,42)43)32-23(37)21(19-15-47-26(30)31-19)33-45-20(25(39)40)14-44-18-6-4-16(5-7-18)17-12-34(10-3-8-28)35(13-17)11-9-29/h4-7,12-13,15,20,22H,3,8-11,14,28-29H2,1-2H3,(H4-,30,31,32,37,39,40,41,42,43)/p+1/b33-21-/t20-,22+/m0/s1. The number of nitrogens with one attached hydrogen (secondary N) is 1. The number of aromatic nitrogens is 3. The number of benzene rings is 1. The molecule has 1 saturated heterocycles. The zero-order valence-corrected chi connectivity index (χ0v) is 27.5. The number of carboxylic acids is 1. The SMILES string of the molecule is CC1(C)[C@H](NC(=O)/C(=N\O[C@@H](COc2ccc(-c3cn(CCCN)[n+](CCN)c3)cc2)C(=O)O)c2csc(N)n2)C(=O)N1OS(=O)(=O)O. The number of ether oxygens (including phenoxy) is 1. The Labute approximate surface area is 278 Å². The van der Waals surface area contributed by atoms with E-state index in [0.717, 1.165) is 35.4 Å². The number of nitrogen functional groups attached to an aromatic ring is 1. The number of carbonyl (C=O) groups is 3. The zero-order chi connectivity index (χ0) is 35.2. The highest BCUT2D eigenvalue weighted by Crippen LogP contribution is 2.33. The van der Waals surface area contributed by atoms with Gasteiger partial charge in [-0.25, -0.2) is 9.78 Å². The molecule has 1 aliphatic heterocycles. The number of amides is 2. The van der Waals surface area contributed by atoms with Crippen LogP contribution in [-0.2, 0) is 47.0 Å². The molecule has 3 heterocycles. The maximum absolute atomic E-state index is 13.2. The molecular formula is C27H36N9O10S2+. The van der Waals surface area contributed by atoms with E-state index in [1.54, 1.807) is 24.3 Å². The minimum Gasteiger partial charge on any atom is -0.489 e. The molecule has 3 aromatic rings. The van der Waals surface area contributed by atoms with Crippen molar-refractivity contribution in [3.05, 3.63) is 47.7 Å². The van der Waals surface area contributed by atoms with E-state index in [1.165, 1.54) is 19.2 Å². The molecule has 4 rings (SSSR count). The quantitative estimate of drug-likeness (QED) is 0.0318. The lowest BCUT2D eigenvalue weighted by molar-refractivity contribution is -0.773. The van der Waals surface area contributed by atoms with Crippen LogP contribution in [-0.4, -0.2) is 93.7 Å². The molecule has 0 bridgehead atoms. The Morgan fingerprint density at radius 2 is 1.92 bits per heavy atom. The number of rotatable bonds is 17. The number of hydroxylamine groups is 2. The molecule has 9 N–H and O–H groups in total. The van der Waals surface area contributed by atoms with Gasteiger partial charge < -0.3 is 37.2 Å². The van der Waals surface area contributed by atoms with Crippen molar-refractivity contribution in [2.45, 2.75) is 51.0 Å². The number of carbonyl (C=O) groups excluding carboxylic acids is 2. The second kappa shape index (κ2) is 15.0. The number of oxime groups is 1. The predicted octanol–water partition coefficient (Wildman–Crippen LogP) is -1.12. The Kier molecular flexibility index (Phi) is 11.3. The molecule has 2 amide bonds. The van der Waals surface area contributed by atoms with E-state index < -0.39 is 58.2 Å². The summed E-state index contributed by atoms with van der Waals surface area (Å²) in [5.74, 6) is -3.14. The first-order chi connectivity index (χ1) is 22.6. The van der Waals surface area contributed by atoms with E-state index in [0.29, 0.717) is 30.4 Å². The van der Waals surface area contributed by atoms with E-state index in [9.17, 15) is 27.9 Å². The zero-order valence-electron chi connectivity index (χ0n) is 25.9. The normalized spacial score (nSPS) is 16.7. The van der Waals surface area contributed by atoms with Crippen LogP contribution in [0.2, 0.25) is 0 Å². The third-order valence-electron chi connectivity index (χ3n) is 7.09. The lowest BCUT2D eigenvalue weighted by Crippen LogP contribution is -2.76. The number of β-lactam (4-membered cyclic amide) rings is 1. The van der Waals surface area contributed by atoms with Crippen LogP contribution < -0.4 is 31.9 Å². The van der Waals surface area contributed by atoms with Gasteiger partial charge in [0.05, 0.1) is 30.4 Å². The van der Waals surface area contributed by atoms with Crippen LogP contribution in [0.3, 0.4) is 0 Å². The van der Waals surface area contributed by atoms with Gasteiger partial charge in [-0.2, -0.15) is 18.2 Å². The van der Waals surface area contributed by atoms with E-state index in [4.69, 9.17) is 31.3 Å². The van der Waals surface area contributed by atoms with Gasteiger partial charge in [-0.3, -0.25) is 14.1 Å². The molecule has 0 aliphatic carbocycles. The molecule has 2 atom stereocenters. The van der Waals surface area contributed by atoms with E-state index in [2.05, 4.69) is 19.7 Å². The Hall–Kier alpha value is -4.67. The lowest BCUT2D eigenvalue weighted by atomic mass is 9.84. The lowest BCUT2D eigenvalue weighted by Gasteiger charge is -2.50. The highest BCUT2D eigenvalue weighted by atomic mass is 32.3. The molecule has 48 heavy (non-hydrogen) atoms. The summed E-state index contributed by atoms with van der Waals surface area (Å²) in [6.45, 7) is 4.60. The van der Waals surface area contributed by atoms with Crippen molar-refractivity contribution in [2.75, 3.05) is 25.4 Å². The van der Waals surface area contributed by atoms with E-state index >= 15 is 0 Å². The summed E-state index contributed by atoms with van der Waals surface area (Å²) in [5.41, 5.74) is 16.9. The monoisotopic (exact) mass is 710 g/mol. The number of aryl methyl sites for hydroxylation is 1. The fourth-order valence-corrected chi connectivity index (χ4v) is 5.62. The third-order valence-corrected chi connectivity index (χ3v) is 8.10. The number of thiazole rings is 1. The second-order valence-electron chi connectivity index (χ2n) is 10.9. The van der Waals surface area contributed by atoms with Gasteiger partial charge in [-0.15, -0.1) is 20.3 Å². The first kappa shape index (κ1) is 36.2. The van der Waals surface area contributed by atoms with Crippen molar-refractivity contribution < 1.29 is 51.0 Å². The highest BCUT2D eigenvalue weighted by Gasteiger charge is 2.58. The summed E-state index contributed by atoms with van der Waals surface area (Å²) >= 11 is 0.957. The molecule has 2 aromatic heterocycles. The summed E-state index contributed by atoms with van der Waals surface area (Å²) in [4.78, 5) is 46.9.